The van der Waals surface area contributed by atoms with Crippen LogP contribution in [0.25, 0.3) is 22.4 Å². The van der Waals surface area contributed by atoms with Crippen LogP contribution in [0.3, 0.4) is 0 Å². The van der Waals surface area contributed by atoms with Gasteiger partial charge in [-0.3, -0.25) is 4.79 Å². The van der Waals surface area contributed by atoms with Gasteiger partial charge in [0.2, 0.25) is 0 Å². The topological polar surface area (TPSA) is 84.2 Å². The van der Waals surface area contributed by atoms with Crippen LogP contribution in [0.4, 0.5) is 0 Å². The molecule has 1 heterocycles. The lowest BCUT2D eigenvalue weighted by Crippen LogP contribution is -2.24. The van der Waals surface area contributed by atoms with E-state index in [2.05, 4.69) is 34.1 Å². The quantitative estimate of drug-likeness (QED) is 0.276. The summed E-state index contributed by atoms with van der Waals surface area (Å²) in [5.41, 5.74) is 4.75. The molecule has 0 saturated heterocycles. The number of carbonyl (C=O) groups excluding carboxylic acids is 1. The first-order valence-electron chi connectivity index (χ1n) is 12.8. The van der Waals surface area contributed by atoms with Gasteiger partial charge in [-0.2, -0.15) is 0 Å². The molecular formula is C30H31N3O3. The van der Waals surface area contributed by atoms with Crippen molar-refractivity contribution in [2.24, 2.45) is 0 Å². The van der Waals surface area contributed by atoms with Gasteiger partial charge < -0.3 is 15.0 Å². The fourth-order valence-electron chi connectivity index (χ4n) is 5.14. The summed E-state index contributed by atoms with van der Waals surface area (Å²) in [6, 6.07) is 23.5. The van der Waals surface area contributed by atoms with Crippen LogP contribution in [-0.4, -0.2) is 33.1 Å². The molecule has 6 heteroatoms. The number of imidazole rings is 1. The van der Waals surface area contributed by atoms with Gasteiger partial charge in [-0.25, -0.2) is 9.78 Å². The molecule has 6 nitrogen and oxygen atoms in total. The average Bonchev–Trinajstić information content (AvgIpc) is 3.56. The van der Waals surface area contributed by atoms with Gasteiger partial charge in [0.15, 0.2) is 0 Å². The first-order chi connectivity index (χ1) is 17.6. The molecular weight excluding hydrogens is 450 g/mol. The van der Waals surface area contributed by atoms with Crippen molar-refractivity contribution in [2.75, 3.05) is 6.54 Å². The van der Waals surface area contributed by atoms with E-state index in [1.807, 2.05) is 36.4 Å². The van der Waals surface area contributed by atoms with Crippen LogP contribution < -0.4 is 5.32 Å². The molecule has 1 aromatic heterocycles. The fraction of sp³-hybridized carbons (Fsp3) is 0.300. The zero-order valence-corrected chi connectivity index (χ0v) is 20.3. The highest BCUT2D eigenvalue weighted by Crippen LogP contribution is 2.37. The molecule has 1 saturated carbocycles. The third-order valence-corrected chi connectivity index (χ3v) is 7.05. The summed E-state index contributed by atoms with van der Waals surface area (Å²) >= 11 is 0. The number of unbranched alkanes of at least 4 members (excludes halogenated alkanes) is 1. The highest BCUT2D eigenvalue weighted by atomic mass is 16.4. The molecule has 2 N–H and O–H groups in total. The Balaban J connectivity index is 1.28. The van der Waals surface area contributed by atoms with Crippen molar-refractivity contribution in [1.29, 1.82) is 0 Å². The summed E-state index contributed by atoms with van der Waals surface area (Å²) in [7, 11) is 0. The molecule has 0 radical (unpaired) electrons. The molecule has 1 aliphatic carbocycles. The first kappa shape index (κ1) is 23.8. The van der Waals surface area contributed by atoms with Crippen LogP contribution in [0.2, 0.25) is 0 Å². The van der Waals surface area contributed by atoms with E-state index in [0.29, 0.717) is 23.7 Å². The summed E-state index contributed by atoms with van der Waals surface area (Å²) in [4.78, 5) is 29.0. The van der Waals surface area contributed by atoms with Gasteiger partial charge in [0.25, 0.3) is 5.91 Å². The minimum atomic E-state index is -0.954. The molecule has 1 fully saturated rings. The van der Waals surface area contributed by atoms with Crippen LogP contribution in [0, 0.1) is 0 Å². The number of aromatic nitrogens is 2. The molecule has 184 valence electrons. The van der Waals surface area contributed by atoms with Gasteiger partial charge in [-0.05, 0) is 68.0 Å². The van der Waals surface area contributed by atoms with Crippen LogP contribution in [0.15, 0.2) is 72.8 Å². The molecule has 3 aromatic carbocycles. The lowest BCUT2D eigenvalue weighted by atomic mass is 10.1. The number of benzene rings is 3. The van der Waals surface area contributed by atoms with Crippen LogP contribution in [0.5, 0.6) is 0 Å². The number of aromatic carboxylic acids is 1. The van der Waals surface area contributed by atoms with E-state index >= 15 is 0 Å². The SMILES string of the molecule is O=C(O)c1ccc2c(c1)nc(-c1ccc(C(=O)NCCCCc3ccccc3)cc1)n2C1CCCC1. The molecule has 0 aliphatic heterocycles. The first-order valence-corrected chi connectivity index (χ1v) is 12.8. The van der Waals surface area contributed by atoms with E-state index in [0.717, 1.165) is 49.0 Å². The maximum atomic E-state index is 12.7. The van der Waals surface area contributed by atoms with Crippen molar-refractivity contribution in [3.05, 3.63) is 89.5 Å². The van der Waals surface area contributed by atoms with Gasteiger partial charge >= 0.3 is 5.97 Å². The number of carboxylic acids is 1. The predicted molar refractivity (Wildman–Crippen MR) is 141 cm³/mol. The smallest absolute Gasteiger partial charge is 0.335 e. The minimum Gasteiger partial charge on any atom is -0.478 e. The van der Waals surface area contributed by atoms with Crippen molar-refractivity contribution in [3.63, 3.8) is 0 Å². The van der Waals surface area contributed by atoms with Gasteiger partial charge in [0, 0.05) is 23.7 Å². The second-order valence-corrected chi connectivity index (χ2v) is 9.53. The number of nitrogens with one attached hydrogen (secondary N) is 1. The monoisotopic (exact) mass is 481 g/mol. The summed E-state index contributed by atoms with van der Waals surface area (Å²) in [5, 5.41) is 12.4. The summed E-state index contributed by atoms with van der Waals surface area (Å²) in [5.74, 6) is -0.201. The number of amides is 1. The van der Waals surface area contributed by atoms with Gasteiger partial charge in [0.1, 0.15) is 5.82 Å². The van der Waals surface area contributed by atoms with Crippen molar-refractivity contribution in [2.45, 2.75) is 51.0 Å². The van der Waals surface area contributed by atoms with Crippen molar-refractivity contribution in [3.8, 4) is 11.4 Å². The molecule has 0 unspecified atom stereocenters. The fourth-order valence-corrected chi connectivity index (χ4v) is 5.14. The zero-order chi connectivity index (χ0) is 24.9. The lowest BCUT2D eigenvalue weighted by molar-refractivity contribution is 0.0696. The van der Waals surface area contributed by atoms with Gasteiger partial charge in [-0.15, -0.1) is 0 Å². The number of aryl methyl sites for hydroxylation is 1. The normalized spacial score (nSPS) is 13.8. The van der Waals surface area contributed by atoms with E-state index in [9.17, 15) is 14.7 Å². The molecule has 0 spiro atoms. The second kappa shape index (κ2) is 10.8. The van der Waals surface area contributed by atoms with Crippen molar-refractivity contribution >= 4 is 22.9 Å². The van der Waals surface area contributed by atoms with Crippen LogP contribution in [-0.2, 0) is 6.42 Å². The van der Waals surface area contributed by atoms with Crippen molar-refractivity contribution in [1.82, 2.24) is 14.9 Å². The van der Waals surface area contributed by atoms with Crippen LogP contribution >= 0.6 is 0 Å². The molecule has 5 rings (SSSR count). The third-order valence-electron chi connectivity index (χ3n) is 7.05. The Morgan fingerprint density at radius 2 is 1.64 bits per heavy atom. The Morgan fingerprint density at radius 1 is 0.917 bits per heavy atom. The maximum Gasteiger partial charge on any atom is 0.335 e. The summed E-state index contributed by atoms with van der Waals surface area (Å²) in [6.45, 7) is 0.650. The number of carbonyl (C=O) groups is 2. The molecule has 0 atom stereocenters. The zero-order valence-electron chi connectivity index (χ0n) is 20.3. The summed E-state index contributed by atoms with van der Waals surface area (Å²) in [6.07, 6.45) is 7.52. The predicted octanol–water partition coefficient (Wildman–Crippen LogP) is 6.27. The average molecular weight is 482 g/mol. The Kier molecular flexibility index (Phi) is 7.12. The standard InChI is InChI=1S/C30H31N3O3/c34-29(31-19-7-6-10-21-8-2-1-3-9-21)23-15-13-22(14-16-23)28-32-26-20-24(30(35)36)17-18-27(26)33(28)25-11-4-5-12-25/h1-3,8-9,13-18,20,25H,4-7,10-12,19H2,(H,31,34)(H,35,36). The highest BCUT2D eigenvalue weighted by Gasteiger charge is 2.24. The van der Waals surface area contributed by atoms with Gasteiger partial charge in [-0.1, -0.05) is 55.3 Å². The minimum absolute atomic E-state index is 0.0725. The number of hydrogen-bond donors (Lipinski definition) is 2. The second-order valence-electron chi connectivity index (χ2n) is 9.53. The Morgan fingerprint density at radius 3 is 2.36 bits per heavy atom. The number of carboxylic acid groups (broad SMARTS) is 1. The van der Waals surface area contributed by atoms with E-state index in [1.165, 1.54) is 18.4 Å². The van der Waals surface area contributed by atoms with Crippen LogP contribution in [0.1, 0.15) is 70.8 Å². The molecule has 36 heavy (non-hydrogen) atoms. The number of nitrogens with zero attached hydrogens (tertiary/aromatic N) is 2. The number of hydrogen-bond acceptors (Lipinski definition) is 3. The summed E-state index contributed by atoms with van der Waals surface area (Å²) < 4.78 is 2.26. The number of rotatable bonds is 9. The van der Waals surface area contributed by atoms with Crippen molar-refractivity contribution < 1.29 is 14.7 Å². The van der Waals surface area contributed by atoms with E-state index < -0.39 is 5.97 Å². The Bertz CT molecular complexity index is 1350. The van der Waals surface area contributed by atoms with E-state index in [-0.39, 0.29) is 11.5 Å². The number of fused-ring (bicyclic) bond motifs is 1. The van der Waals surface area contributed by atoms with Gasteiger partial charge in [0.05, 0.1) is 16.6 Å². The third kappa shape index (κ3) is 5.18. The molecule has 1 aliphatic rings. The Labute approximate surface area is 211 Å². The molecule has 1 amide bonds. The van der Waals surface area contributed by atoms with E-state index in [1.54, 1.807) is 12.1 Å². The lowest BCUT2D eigenvalue weighted by Gasteiger charge is -2.16. The molecule has 4 aromatic rings. The molecule has 0 bridgehead atoms. The highest BCUT2D eigenvalue weighted by molar-refractivity contribution is 5.95. The van der Waals surface area contributed by atoms with E-state index in [4.69, 9.17) is 4.98 Å². The maximum absolute atomic E-state index is 12.7. The Hall–Kier alpha value is -3.93. The largest absolute Gasteiger partial charge is 0.478 e.